The number of imide groups is 1. The summed E-state index contributed by atoms with van der Waals surface area (Å²) in [6.07, 6.45) is -0.455. The maximum atomic E-state index is 12.9. The second-order valence-corrected chi connectivity index (χ2v) is 8.54. The van der Waals surface area contributed by atoms with Crippen LogP contribution >= 0.6 is 0 Å². The Kier molecular flexibility index (Phi) is 5.45. The van der Waals surface area contributed by atoms with Crippen LogP contribution in [0.5, 0.6) is 0 Å². The molecule has 148 valence electrons. The number of ether oxygens (including phenoxy) is 2. The van der Waals surface area contributed by atoms with Gasteiger partial charge in [0.1, 0.15) is 0 Å². The second-order valence-electron chi connectivity index (χ2n) is 8.54. The van der Waals surface area contributed by atoms with Gasteiger partial charge in [-0.25, -0.2) is 0 Å². The number of hydrogen-bond acceptors (Lipinski definition) is 6. The smallest absolute Gasteiger partial charge is 0.259 e. The van der Waals surface area contributed by atoms with E-state index >= 15 is 0 Å². The lowest BCUT2D eigenvalue weighted by atomic mass is 9.77. The van der Waals surface area contributed by atoms with Crippen LogP contribution in [0, 0.1) is 11.8 Å². The molecule has 1 unspecified atom stereocenters. The molecule has 3 aliphatic heterocycles. The van der Waals surface area contributed by atoms with Gasteiger partial charge in [-0.3, -0.25) is 19.4 Å². The molecule has 0 aromatic heterocycles. The monoisotopic (exact) mass is 368 g/mol. The van der Waals surface area contributed by atoms with Crippen molar-refractivity contribution in [3.63, 3.8) is 0 Å². The molecule has 3 aliphatic rings. The number of rotatable bonds is 6. The Morgan fingerprint density at radius 2 is 2.04 bits per heavy atom. The number of carbonyl (C=O) groups excluding carboxylic acids is 2. The summed E-state index contributed by atoms with van der Waals surface area (Å²) in [5, 5.41) is 10.4. The first-order chi connectivity index (χ1) is 12.2. The molecule has 0 aromatic carbocycles. The van der Waals surface area contributed by atoms with Crippen molar-refractivity contribution in [3.8, 4) is 0 Å². The van der Waals surface area contributed by atoms with Crippen molar-refractivity contribution in [2.45, 2.75) is 71.0 Å². The molecule has 0 bridgehead atoms. The van der Waals surface area contributed by atoms with Gasteiger partial charge in [0, 0.05) is 19.6 Å². The van der Waals surface area contributed by atoms with E-state index in [0.717, 1.165) is 13.0 Å². The number of carbonyl (C=O) groups is 2. The summed E-state index contributed by atoms with van der Waals surface area (Å²) in [5.41, 5.74) is -0.545. The zero-order valence-corrected chi connectivity index (χ0v) is 16.5. The van der Waals surface area contributed by atoms with E-state index in [1.807, 2.05) is 27.7 Å². The van der Waals surface area contributed by atoms with Crippen LogP contribution in [0.25, 0.3) is 0 Å². The molecular weight excluding hydrogens is 336 g/mol. The van der Waals surface area contributed by atoms with E-state index in [1.54, 1.807) is 0 Å². The van der Waals surface area contributed by atoms with Gasteiger partial charge < -0.3 is 14.6 Å². The predicted octanol–water partition coefficient (Wildman–Crippen LogP) is 0.645. The molecule has 26 heavy (non-hydrogen) atoms. The number of aliphatic hydroxyl groups excluding tert-OH is 1. The van der Waals surface area contributed by atoms with Gasteiger partial charge in [0.05, 0.1) is 36.4 Å². The average Bonchev–Trinajstić information content (AvgIpc) is 2.96. The van der Waals surface area contributed by atoms with Crippen molar-refractivity contribution in [3.05, 3.63) is 0 Å². The minimum absolute atomic E-state index is 0.0570. The van der Waals surface area contributed by atoms with Gasteiger partial charge in [-0.1, -0.05) is 6.92 Å². The number of hydrogen-bond donors (Lipinski definition) is 1. The summed E-state index contributed by atoms with van der Waals surface area (Å²) in [6.45, 7) is 11.7. The Balaban J connectivity index is 1.82. The third kappa shape index (κ3) is 3.30. The first kappa shape index (κ1) is 19.7. The molecule has 0 aliphatic carbocycles. The molecule has 3 rings (SSSR count). The molecule has 0 saturated carbocycles. The maximum absolute atomic E-state index is 12.9. The molecule has 3 saturated heterocycles. The first-order valence-electron chi connectivity index (χ1n) is 9.74. The first-order valence-corrected chi connectivity index (χ1v) is 9.74. The number of nitrogens with zero attached hydrogens (tertiary/aromatic N) is 2. The van der Waals surface area contributed by atoms with Crippen LogP contribution in [0.2, 0.25) is 0 Å². The van der Waals surface area contributed by atoms with Gasteiger partial charge >= 0.3 is 0 Å². The Morgan fingerprint density at radius 1 is 1.35 bits per heavy atom. The van der Waals surface area contributed by atoms with Crippen LogP contribution in [0.4, 0.5) is 0 Å². The molecule has 0 radical (unpaired) electrons. The van der Waals surface area contributed by atoms with Gasteiger partial charge in [-0.15, -0.1) is 0 Å². The van der Waals surface area contributed by atoms with Crippen LogP contribution in [0.3, 0.4) is 0 Å². The number of β-amino-alcohol motifs (C(OH)–C–C–N with tert-alkyl or cyclic N) is 1. The fraction of sp³-hybridized carbons (Fsp3) is 0.895. The maximum Gasteiger partial charge on any atom is 0.259 e. The molecule has 3 fully saturated rings. The largest absolute Gasteiger partial charge is 0.389 e. The van der Waals surface area contributed by atoms with Gasteiger partial charge in [-0.2, -0.15) is 0 Å². The van der Waals surface area contributed by atoms with E-state index in [9.17, 15) is 14.7 Å². The lowest BCUT2D eigenvalue weighted by molar-refractivity contribution is -0.154. The normalized spacial score (nSPS) is 38.8. The van der Waals surface area contributed by atoms with E-state index in [4.69, 9.17) is 9.47 Å². The highest BCUT2D eigenvalue weighted by atomic mass is 16.5. The third-order valence-electron chi connectivity index (χ3n) is 5.83. The third-order valence-corrected chi connectivity index (χ3v) is 5.83. The molecule has 1 N–H and O–H groups in total. The lowest BCUT2D eigenvalue weighted by Crippen LogP contribution is -2.60. The quantitative estimate of drug-likeness (QED) is 0.694. The highest BCUT2D eigenvalue weighted by Crippen LogP contribution is 2.49. The summed E-state index contributed by atoms with van der Waals surface area (Å²) < 4.78 is 11.7. The van der Waals surface area contributed by atoms with Crippen LogP contribution in [-0.4, -0.2) is 82.9 Å². The van der Waals surface area contributed by atoms with E-state index < -0.39 is 23.7 Å². The Morgan fingerprint density at radius 3 is 2.65 bits per heavy atom. The zero-order valence-electron chi connectivity index (χ0n) is 16.5. The molecule has 0 spiro atoms. The van der Waals surface area contributed by atoms with Crippen molar-refractivity contribution in [2.24, 2.45) is 11.8 Å². The van der Waals surface area contributed by atoms with Crippen molar-refractivity contribution >= 4 is 11.8 Å². The summed E-state index contributed by atoms with van der Waals surface area (Å²) >= 11 is 0. The number of likely N-dealkylation sites (N-methyl/N-ethyl adjacent to an activating group) is 1. The predicted molar refractivity (Wildman–Crippen MR) is 95.4 cm³/mol. The Labute approximate surface area is 155 Å². The van der Waals surface area contributed by atoms with E-state index in [0.29, 0.717) is 19.0 Å². The highest BCUT2D eigenvalue weighted by Gasteiger charge is 2.66. The average molecular weight is 368 g/mol. The number of amides is 2. The van der Waals surface area contributed by atoms with Crippen LogP contribution in [0.1, 0.15) is 41.0 Å². The minimum Gasteiger partial charge on any atom is -0.389 e. The van der Waals surface area contributed by atoms with E-state index in [-0.39, 0.29) is 30.6 Å². The highest BCUT2D eigenvalue weighted by molar-refractivity contribution is 6.07. The summed E-state index contributed by atoms with van der Waals surface area (Å²) in [6, 6.07) is -0.189. The number of fused-ring (bicyclic) bond motifs is 3. The topological polar surface area (TPSA) is 79.3 Å². The Hall–Kier alpha value is -1.02. The van der Waals surface area contributed by atoms with E-state index in [1.165, 1.54) is 4.90 Å². The molecule has 2 amide bonds. The SMILES string of the molecule is CCN1C(=O)[C@H]2[C@H](O[C@@]3(C)C[C@H](C)CN(CC(O)COC(C)C)[C@@H]23)C1=O. The van der Waals surface area contributed by atoms with Gasteiger partial charge in [0.25, 0.3) is 5.91 Å². The fourth-order valence-corrected chi connectivity index (χ4v) is 5.07. The number of aliphatic hydroxyl groups is 1. The standard InChI is InChI=1S/C19H32N2O5/c1-6-21-17(23)14-15(18(21)24)26-19(5)7-12(4)8-20(16(14)19)9-13(22)10-25-11(2)3/h11-16,22H,6-10H2,1-5H3/t12-,13?,14-,15-,16-,19-/m0/s1. The number of piperidine rings is 1. The van der Waals surface area contributed by atoms with E-state index in [2.05, 4.69) is 11.8 Å². The van der Waals surface area contributed by atoms with Gasteiger partial charge in [-0.05, 0) is 40.0 Å². The van der Waals surface area contributed by atoms with Crippen molar-refractivity contribution < 1.29 is 24.2 Å². The molecule has 6 atom stereocenters. The minimum atomic E-state index is -0.686. The summed E-state index contributed by atoms with van der Waals surface area (Å²) in [5.74, 6) is -0.461. The van der Waals surface area contributed by atoms with Crippen LogP contribution in [-0.2, 0) is 19.1 Å². The zero-order chi connectivity index (χ0) is 19.2. The van der Waals surface area contributed by atoms with Crippen LogP contribution < -0.4 is 0 Å². The Bertz CT molecular complexity index is 568. The molecule has 3 heterocycles. The molecule has 0 aromatic rings. The summed E-state index contributed by atoms with van der Waals surface area (Å²) in [4.78, 5) is 28.9. The van der Waals surface area contributed by atoms with Crippen molar-refractivity contribution in [1.29, 1.82) is 0 Å². The van der Waals surface area contributed by atoms with Crippen molar-refractivity contribution in [1.82, 2.24) is 9.80 Å². The second kappa shape index (κ2) is 7.19. The van der Waals surface area contributed by atoms with Gasteiger partial charge in [0.15, 0.2) is 6.10 Å². The summed E-state index contributed by atoms with van der Waals surface area (Å²) in [7, 11) is 0. The van der Waals surface area contributed by atoms with Crippen LogP contribution in [0.15, 0.2) is 0 Å². The van der Waals surface area contributed by atoms with Gasteiger partial charge in [0.2, 0.25) is 5.91 Å². The number of likely N-dealkylation sites (tertiary alicyclic amines) is 2. The van der Waals surface area contributed by atoms with Crippen molar-refractivity contribution in [2.75, 3.05) is 26.2 Å². The fourth-order valence-electron chi connectivity index (χ4n) is 5.07. The molecular formula is C19H32N2O5. The lowest BCUT2D eigenvalue weighted by Gasteiger charge is -2.48. The molecule has 7 nitrogen and oxygen atoms in total. The molecule has 7 heteroatoms.